The van der Waals surface area contributed by atoms with E-state index in [4.69, 9.17) is 4.74 Å². The lowest BCUT2D eigenvalue weighted by Crippen LogP contribution is -2.43. The fourth-order valence-electron chi connectivity index (χ4n) is 3.30. The van der Waals surface area contributed by atoms with Gasteiger partial charge in [0.2, 0.25) is 0 Å². The Kier molecular flexibility index (Phi) is 4.01. The minimum atomic E-state index is 0.0879. The first kappa shape index (κ1) is 12.1. The molecule has 2 rings (SSSR count). The summed E-state index contributed by atoms with van der Waals surface area (Å²) in [5.74, 6) is 0.780. The molecule has 2 nitrogen and oxygen atoms in total. The number of carbonyl (C=O) groups is 1. The predicted octanol–water partition coefficient (Wildman–Crippen LogP) is 3.49. The maximum absolute atomic E-state index is 12.0. The third kappa shape index (κ3) is 2.65. The van der Waals surface area contributed by atoms with E-state index in [0.29, 0.717) is 11.7 Å². The van der Waals surface area contributed by atoms with Gasteiger partial charge in [-0.15, -0.1) is 0 Å². The lowest BCUT2D eigenvalue weighted by Gasteiger charge is -2.43. The molecule has 0 N–H and O–H groups in total. The Bertz CT molecular complexity index is 236. The van der Waals surface area contributed by atoms with E-state index in [1.54, 1.807) is 0 Å². The molecule has 0 aromatic carbocycles. The van der Waals surface area contributed by atoms with Crippen LogP contribution in [0.15, 0.2) is 0 Å². The number of ether oxygens (including phenoxy) is 1. The van der Waals surface area contributed by atoms with Crippen molar-refractivity contribution in [2.75, 3.05) is 6.61 Å². The minimum absolute atomic E-state index is 0.0879. The Hall–Kier alpha value is -0.370. The summed E-state index contributed by atoms with van der Waals surface area (Å²) >= 11 is 0. The highest BCUT2D eigenvalue weighted by Gasteiger charge is 2.40. The van der Waals surface area contributed by atoms with E-state index in [2.05, 4.69) is 6.92 Å². The number of rotatable bonds is 3. The Morgan fingerprint density at radius 3 is 2.75 bits per heavy atom. The molecule has 92 valence electrons. The lowest BCUT2D eigenvalue weighted by molar-refractivity contribution is -0.142. The monoisotopic (exact) mass is 224 g/mol. The Morgan fingerprint density at radius 1 is 1.31 bits per heavy atom. The van der Waals surface area contributed by atoms with Gasteiger partial charge in [0.15, 0.2) is 0 Å². The summed E-state index contributed by atoms with van der Waals surface area (Å²) in [5, 5.41) is 0. The van der Waals surface area contributed by atoms with Gasteiger partial charge < -0.3 is 4.74 Å². The lowest BCUT2D eigenvalue weighted by atomic mass is 9.74. The molecule has 1 aliphatic carbocycles. The predicted molar refractivity (Wildman–Crippen MR) is 64.4 cm³/mol. The topological polar surface area (TPSA) is 26.3 Å². The highest BCUT2D eigenvalue weighted by Crippen LogP contribution is 2.41. The zero-order valence-electron chi connectivity index (χ0n) is 10.5. The van der Waals surface area contributed by atoms with Crippen LogP contribution in [0.1, 0.15) is 64.7 Å². The molecule has 0 aromatic heterocycles. The zero-order valence-corrected chi connectivity index (χ0v) is 10.5. The molecular weight excluding hydrogens is 200 g/mol. The van der Waals surface area contributed by atoms with Crippen LogP contribution >= 0.6 is 0 Å². The van der Waals surface area contributed by atoms with Crippen LogP contribution in [-0.4, -0.2) is 18.0 Å². The molecule has 2 heteroatoms. The average molecular weight is 224 g/mol. The molecule has 1 saturated heterocycles. The van der Waals surface area contributed by atoms with Crippen molar-refractivity contribution >= 4 is 5.78 Å². The van der Waals surface area contributed by atoms with Crippen molar-refractivity contribution in [1.29, 1.82) is 0 Å². The Labute approximate surface area is 98.7 Å². The zero-order chi connectivity index (χ0) is 11.4. The smallest absolute Gasteiger partial charge is 0.136 e. The number of ketones is 1. The summed E-state index contributed by atoms with van der Waals surface area (Å²) in [6, 6.07) is 0. The van der Waals surface area contributed by atoms with Gasteiger partial charge in [-0.2, -0.15) is 0 Å². The molecule has 1 saturated carbocycles. The van der Waals surface area contributed by atoms with Gasteiger partial charge in [0.1, 0.15) is 5.78 Å². The standard InChI is InChI=1S/C14H24O2/c1-2-6-13(15)12-7-10-16-14(11-12)8-4-3-5-9-14/h12H,2-11H2,1H3. The van der Waals surface area contributed by atoms with E-state index < -0.39 is 0 Å². The second kappa shape index (κ2) is 5.31. The van der Waals surface area contributed by atoms with Gasteiger partial charge in [0.25, 0.3) is 0 Å². The van der Waals surface area contributed by atoms with E-state index >= 15 is 0 Å². The molecule has 0 bridgehead atoms. The summed E-state index contributed by atoms with van der Waals surface area (Å²) in [7, 11) is 0. The number of carbonyl (C=O) groups excluding carboxylic acids is 1. The molecule has 1 atom stereocenters. The molecule has 1 spiro atoms. The van der Waals surface area contributed by atoms with Gasteiger partial charge in [0.05, 0.1) is 5.60 Å². The van der Waals surface area contributed by atoms with Crippen LogP contribution in [0, 0.1) is 5.92 Å². The third-order valence-electron chi connectivity index (χ3n) is 4.21. The van der Waals surface area contributed by atoms with Crippen LogP contribution in [0.3, 0.4) is 0 Å². The van der Waals surface area contributed by atoms with Crippen molar-refractivity contribution in [2.24, 2.45) is 5.92 Å². The summed E-state index contributed by atoms with van der Waals surface area (Å²) in [4.78, 5) is 12.0. The second-order valence-electron chi connectivity index (χ2n) is 5.50. The first-order chi connectivity index (χ1) is 7.76. The molecule has 2 aliphatic rings. The average Bonchev–Trinajstić information content (AvgIpc) is 2.30. The van der Waals surface area contributed by atoms with Gasteiger partial charge in [-0.05, 0) is 32.1 Å². The molecule has 1 unspecified atom stereocenters. The highest BCUT2D eigenvalue weighted by molar-refractivity contribution is 5.81. The van der Waals surface area contributed by atoms with Crippen LogP contribution in [0.5, 0.6) is 0 Å². The first-order valence-corrected chi connectivity index (χ1v) is 6.92. The summed E-state index contributed by atoms with van der Waals surface area (Å²) in [6.45, 7) is 2.90. The maximum Gasteiger partial charge on any atom is 0.136 e. The van der Waals surface area contributed by atoms with Crippen LogP contribution in [0.2, 0.25) is 0 Å². The largest absolute Gasteiger partial charge is 0.375 e. The van der Waals surface area contributed by atoms with Crippen LogP contribution < -0.4 is 0 Å². The second-order valence-corrected chi connectivity index (χ2v) is 5.50. The Balaban J connectivity index is 1.94. The van der Waals surface area contributed by atoms with E-state index in [-0.39, 0.29) is 5.60 Å². The molecule has 2 fully saturated rings. The van der Waals surface area contributed by atoms with Crippen molar-refractivity contribution < 1.29 is 9.53 Å². The van der Waals surface area contributed by atoms with E-state index in [0.717, 1.165) is 32.3 Å². The van der Waals surface area contributed by atoms with Crippen LogP contribution in [0.4, 0.5) is 0 Å². The van der Waals surface area contributed by atoms with E-state index in [1.165, 1.54) is 32.1 Å². The first-order valence-electron chi connectivity index (χ1n) is 6.92. The van der Waals surface area contributed by atoms with E-state index in [9.17, 15) is 4.79 Å². The maximum atomic E-state index is 12.0. The Morgan fingerprint density at radius 2 is 2.06 bits per heavy atom. The molecule has 0 radical (unpaired) electrons. The number of hydrogen-bond acceptors (Lipinski definition) is 2. The van der Waals surface area contributed by atoms with Gasteiger partial charge in [-0.1, -0.05) is 26.2 Å². The molecule has 0 amide bonds. The van der Waals surface area contributed by atoms with Crippen molar-refractivity contribution in [3.8, 4) is 0 Å². The molecule has 0 aromatic rings. The summed E-state index contributed by atoms with van der Waals surface area (Å²) in [5.41, 5.74) is 0.0879. The SMILES string of the molecule is CCCC(=O)C1CCOC2(CCCCC2)C1. The molecule has 16 heavy (non-hydrogen) atoms. The van der Waals surface area contributed by atoms with Crippen LogP contribution in [0.25, 0.3) is 0 Å². The fourth-order valence-corrected chi connectivity index (χ4v) is 3.30. The minimum Gasteiger partial charge on any atom is -0.375 e. The normalized spacial score (nSPS) is 29.2. The molecule has 1 aliphatic heterocycles. The quantitative estimate of drug-likeness (QED) is 0.733. The fraction of sp³-hybridized carbons (Fsp3) is 0.929. The number of hydrogen-bond donors (Lipinski definition) is 0. The van der Waals surface area contributed by atoms with Gasteiger partial charge in [-0.25, -0.2) is 0 Å². The van der Waals surface area contributed by atoms with Crippen LogP contribution in [-0.2, 0) is 9.53 Å². The van der Waals surface area contributed by atoms with Crippen molar-refractivity contribution in [1.82, 2.24) is 0 Å². The molecule has 1 heterocycles. The van der Waals surface area contributed by atoms with Crippen molar-refractivity contribution in [3.05, 3.63) is 0 Å². The third-order valence-corrected chi connectivity index (χ3v) is 4.21. The van der Waals surface area contributed by atoms with Crippen molar-refractivity contribution in [3.63, 3.8) is 0 Å². The van der Waals surface area contributed by atoms with Crippen molar-refractivity contribution in [2.45, 2.75) is 70.3 Å². The molecular formula is C14H24O2. The summed E-state index contributed by atoms with van der Waals surface area (Å²) < 4.78 is 6.01. The van der Waals surface area contributed by atoms with E-state index in [1.807, 2.05) is 0 Å². The van der Waals surface area contributed by atoms with Gasteiger partial charge in [-0.3, -0.25) is 4.79 Å². The highest BCUT2D eigenvalue weighted by atomic mass is 16.5. The van der Waals surface area contributed by atoms with Gasteiger partial charge >= 0.3 is 0 Å². The summed E-state index contributed by atoms with van der Waals surface area (Å²) in [6.07, 6.45) is 10.0. The van der Waals surface area contributed by atoms with Gasteiger partial charge in [0, 0.05) is 18.9 Å². The number of Topliss-reactive ketones (excluding diaryl/α,β-unsaturated/α-hetero) is 1.